The van der Waals surface area contributed by atoms with Crippen molar-refractivity contribution in [2.45, 2.75) is 13.8 Å². The third kappa shape index (κ3) is 3.33. The highest BCUT2D eigenvalue weighted by Crippen LogP contribution is 2.36. The Morgan fingerprint density at radius 2 is 1.57 bits per heavy atom. The average Bonchev–Trinajstić information content (AvgIpc) is 2.19. The second-order valence-corrected chi connectivity index (χ2v) is 4.12. The van der Waals surface area contributed by atoms with Gasteiger partial charge in [0.2, 0.25) is 8.38 Å². The van der Waals surface area contributed by atoms with E-state index in [4.69, 9.17) is 9.05 Å². The molecule has 1 rings (SSSR count). The molecule has 0 radical (unpaired) electrons. The summed E-state index contributed by atoms with van der Waals surface area (Å²) in [4.78, 5) is 0. The first-order valence-corrected chi connectivity index (χ1v) is 5.77. The second kappa shape index (κ2) is 6.07. The summed E-state index contributed by atoms with van der Waals surface area (Å²) in [6, 6.07) is 6.24. The van der Waals surface area contributed by atoms with Crippen LogP contribution in [0.4, 0.5) is 4.39 Å². The Morgan fingerprint density at radius 1 is 1.07 bits per heavy atom. The van der Waals surface area contributed by atoms with Crippen LogP contribution in [0.25, 0.3) is 0 Å². The molecule has 1 aromatic rings. The average molecular weight is 216 g/mol. The van der Waals surface area contributed by atoms with E-state index in [9.17, 15) is 4.39 Å². The van der Waals surface area contributed by atoms with Crippen LogP contribution < -0.4 is 5.30 Å². The van der Waals surface area contributed by atoms with E-state index in [1.165, 1.54) is 12.1 Å². The molecule has 78 valence electrons. The molecule has 0 aliphatic rings. The predicted octanol–water partition coefficient (Wildman–Crippen LogP) is 2.84. The van der Waals surface area contributed by atoms with Crippen molar-refractivity contribution in [2.24, 2.45) is 0 Å². The fraction of sp³-hybridized carbons (Fsp3) is 0.400. The molecule has 0 aromatic heterocycles. The Balaban J connectivity index is 2.71. The SMILES string of the molecule is CCOP(OCC)c1ccc(F)cc1. The van der Waals surface area contributed by atoms with Crippen molar-refractivity contribution in [2.75, 3.05) is 13.2 Å². The molecule has 4 heteroatoms. The van der Waals surface area contributed by atoms with E-state index >= 15 is 0 Å². The van der Waals surface area contributed by atoms with Crippen LogP contribution in [0.2, 0.25) is 0 Å². The van der Waals surface area contributed by atoms with E-state index in [1.807, 2.05) is 13.8 Å². The zero-order valence-electron chi connectivity index (χ0n) is 8.37. The van der Waals surface area contributed by atoms with Gasteiger partial charge in [-0.3, -0.25) is 0 Å². The monoisotopic (exact) mass is 216 g/mol. The normalized spacial score (nSPS) is 10.9. The van der Waals surface area contributed by atoms with Gasteiger partial charge in [-0.1, -0.05) is 0 Å². The van der Waals surface area contributed by atoms with Crippen molar-refractivity contribution in [3.63, 3.8) is 0 Å². The van der Waals surface area contributed by atoms with E-state index in [-0.39, 0.29) is 5.82 Å². The smallest absolute Gasteiger partial charge is 0.205 e. The minimum Gasteiger partial charge on any atom is -0.331 e. The highest BCUT2D eigenvalue weighted by atomic mass is 31.2. The maximum Gasteiger partial charge on any atom is 0.205 e. The lowest BCUT2D eigenvalue weighted by atomic mass is 10.4. The fourth-order valence-electron chi connectivity index (χ4n) is 0.984. The molecular formula is C10H14FO2P. The molecule has 0 bridgehead atoms. The Bertz CT molecular complexity index is 257. The van der Waals surface area contributed by atoms with Gasteiger partial charge in [0.1, 0.15) is 5.82 Å². The number of hydrogen-bond donors (Lipinski definition) is 0. The molecule has 0 aliphatic carbocycles. The van der Waals surface area contributed by atoms with Gasteiger partial charge in [0, 0.05) is 5.30 Å². The first kappa shape index (κ1) is 11.6. The molecule has 0 amide bonds. The summed E-state index contributed by atoms with van der Waals surface area (Å²) >= 11 is 0. The van der Waals surface area contributed by atoms with Crippen LogP contribution in [-0.4, -0.2) is 13.2 Å². The quantitative estimate of drug-likeness (QED) is 0.704. The highest BCUT2D eigenvalue weighted by Gasteiger charge is 2.11. The second-order valence-electron chi connectivity index (χ2n) is 2.57. The zero-order chi connectivity index (χ0) is 10.4. The number of halogens is 1. The maximum absolute atomic E-state index is 12.6. The van der Waals surface area contributed by atoms with Gasteiger partial charge in [-0.2, -0.15) is 0 Å². The summed E-state index contributed by atoms with van der Waals surface area (Å²) in [5.41, 5.74) is 0. The van der Waals surface area contributed by atoms with Crippen molar-refractivity contribution in [1.82, 2.24) is 0 Å². The van der Waals surface area contributed by atoms with Crippen molar-refractivity contribution < 1.29 is 13.4 Å². The summed E-state index contributed by atoms with van der Waals surface area (Å²) in [5.74, 6) is -0.239. The van der Waals surface area contributed by atoms with Crippen LogP contribution in [0.1, 0.15) is 13.8 Å². The van der Waals surface area contributed by atoms with Gasteiger partial charge in [-0.05, 0) is 38.1 Å². The maximum atomic E-state index is 12.6. The van der Waals surface area contributed by atoms with Crippen molar-refractivity contribution >= 4 is 13.7 Å². The molecule has 0 fully saturated rings. The van der Waals surface area contributed by atoms with Gasteiger partial charge in [-0.15, -0.1) is 0 Å². The largest absolute Gasteiger partial charge is 0.331 e. The summed E-state index contributed by atoms with van der Waals surface area (Å²) < 4.78 is 23.5. The molecule has 14 heavy (non-hydrogen) atoms. The van der Waals surface area contributed by atoms with E-state index < -0.39 is 8.38 Å². The van der Waals surface area contributed by atoms with Gasteiger partial charge in [0.25, 0.3) is 0 Å². The lowest BCUT2D eigenvalue weighted by Gasteiger charge is -2.15. The third-order valence-electron chi connectivity index (χ3n) is 1.53. The summed E-state index contributed by atoms with van der Waals surface area (Å²) in [7, 11) is -1.04. The number of hydrogen-bond acceptors (Lipinski definition) is 2. The number of rotatable bonds is 5. The van der Waals surface area contributed by atoms with Crippen LogP contribution >= 0.6 is 8.38 Å². The van der Waals surface area contributed by atoms with Crippen molar-refractivity contribution in [1.29, 1.82) is 0 Å². The molecule has 2 nitrogen and oxygen atoms in total. The van der Waals surface area contributed by atoms with Crippen LogP contribution in [0, 0.1) is 5.82 Å². The van der Waals surface area contributed by atoms with Gasteiger partial charge < -0.3 is 9.05 Å². The molecule has 0 atom stereocenters. The Morgan fingerprint density at radius 3 is 2.00 bits per heavy atom. The predicted molar refractivity (Wildman–Crippen MR) is 56.2 cm³/mol. The molecular weight excluding hydrogens is 202 g/mol. The van der Waals surface area contributed by atoms with Crippen LogP contribution in [0.5, 0.6) is 0 Å². The molecule has 0 spiro atoms. The first-order chi connectivity index (χ1) is 6.77. The van der Waals surface area contributed by atoms with Gasteiger partial charge in [0.05, 0.1) is 13.2 Å². The molecule has 0 unspecified atom stereocenters. The Hall–Kier alpha value is -0.500. The lowest BCUT2D eigenvalue weighted by molar-refractivity contribution is 0.277. The molecule has 0 saturated heterocycles. The third-order valence-corrected chi connectivity index (χ3v) is 3.24. The first-order valence-electron chi connectivity index (χ1n) is 4.59. The zero-order valence-corrected chi connectivity index (χ0v) is 9.26. The molecule has 1 aromatic carbocycles. The van der Waals surface area contributed by atoms with Gasteiger partial charge in [-0.25, -0.2) is 4.39 Å². The van der Waals surface area contributed by atoms with E-state index in [0.29, 0.717) is 13.2 Å². The van der Waals surface area contributed by atoms with Gasteiger partial charge in [0.15, 0.2) is 0 Å². The fourth-order valence-corrected chi connectivity index (χ4v) is 2.22. The minimum atomic E-state index is -1.04. The van der Waals surface area contributed by atoms with E-state index in [0.717, 1.165) is 5.30 Å². The molecule has 0 aliphatic heterocycles. The lowest BCUT2D eigenvalue weighted by Crippen LogP contribution is -2.05. The summed E-state index contributed by atoms with van der Waals surface area (Å²) in [6.45, 7) is 5.03. The topological polar surface area (TPSA) is 18.5 Å². The van der Waals surface area contributed by atoms with Crippen LogP contribution in [-0.2, 0) is 9.05 Å². The van der Waals surface area contributed by atoms with Gasteiger partial charge >= 0.3 is 0 Å². The Kier molecular flexibility index (Phi) is 5.02. The standard InChI is InChI=1S/C10H14FO2P/c1-3-12-14(13-4-2)10-7-5-9(11)6-8-10/h5-8H,3-4H2,1-2H3. The van der Waals surface area contributed by atoms with Crippen molar-refractivity contribution in [3.05, 3.63) is 30.1 Å². The molecule has 0 heterocycles. The van der Waals surface area contributed by atoms with Crippen LogP contribution in [0.15, 0.2) is 24.3 Å². The molecule has 0 N–H and O–H groups in total. The number of benzene rings is 1. The minimum absolute atomic E-state index is 0.239. The summed E-state index contributed by atoms with van der Waals surface area (Å²) in [5, 5.41) is 0.908. The summed E-state index contributed by atoms with van der Waals surface area (Å²) in [6.07, 6.45) is 0. The van der Waals surface area contributed by atoms with Crippen LogP contribution in [0.3, 0.4) is 0 Å². The highest BCUT2D eigenvalue weighted by molar-refractivity contribution is 7.55. The van der Waals surface area contributed by atoms with Crippen molar-refractivity contribution in [3.8, 4) is 0 Å². The van der Waals surface area contributed by atoms with E-state index in [1.54, 1.807) is 12.1 Å². The Labute approximate surface area is 85.0 Å². The molecule has 0 saturated carbocycles. The van der Waals surface area contributed by atoms with E-state index in [2.05, 4.69) is 0 Å².